The molecule has 5 heteroatoms. The molecule has 0 fully saturated rings. The second kappa shape index (κ2) is 15.4. The first-order valence-corrected chi connectivity index (χ1v) is 13.3. The van der Waals surface area contributed by atoms with Gasteiger partial charge in [0.05, 0.1) is 0 Å². The second-order valence-electron chi connectivity index (χ2n) is 2.85. The van der Waals surface area contributed by atoms with Gasteiger partial charge in [-0.3, -0.25) is 0 Å². The fraction of sp³-hybridized carbons (Fsp3) is 0.400. The van der Waals surface area contributed by atoms with Gasteiger partial charge in [-0.15, -0.1) is 7.92 Å². The predicted molar refractivity (Wildman–Crippen MR) is 73.2 cm³/mol. The predicted octanol–water partition coefficient (Wildman–Crippen LogP) is 5.42. The van der Waals surface area contributed by atoms with Gasteiger partial charge < -0.3 is 6.42 Å². The summed E-state index contributed by atoms with van der Waals surface area (Å²) >= 11 is -1.92. The summed E-state index contributed by atoms with van der Waals surface area (Å²) < 4.78 is 0. The van der Waals surface area contributed by atoms with Crippen molar-refractivity contribution in [2.45, 2.75) is 6.92 Å². The van der Waals surface area contributed by atoms with Gasteiger partial charge in [0.25, 0.3) is 0 Å². The molecule has 15 heavy (non-hydrogen) atoms. The third kappa shape index (κ3) is 31.3. The van der Waals surface area contributed by atoms with Crippen LogP contribution >= 0.6 is 35.8 Å². The van der Waals surface area contributed by atoms with Gasteiger partial charge in [-0.1, -0.05) is 0 Å². The third-order valence-electron chi connectivity index (χ3n) is 1.10. The molecule has 0 atom stereocenters. The van der Waals surface area contributed by atoms with Crippen molar-refractivity contribution in [1.82, 2.24) is 0 Å². The smallest absolute Gasteiger partial charge is 0.172 e. The minimum atomic E-state index is -1.92. The van der Waals surface area contributed by atoms with Crippen molar-refractivity contribution < 1.29 is 14.7 Å². The van der Waals surface area contributed by atoms with Gasteiger partial charge in [0.15, 0.2) is 0 Å². The Morgan fingerprint density at radius 2 is 1.60 bits per heavy atom. The van der Waals surface area contributed by atoms with Crippen LogP contribution in [0.4, 0.5) is 0 Å². The fourth-order valence-corrected chi connectivity index (χ4v) is 1.42. The van der Waals surface area contributed by atoms with E-state index in [-0.39, 0.29) is 0 Å². The number of rotatable bonds is 2. The summed E-state index contributed by atoms with van der Waals surface area (Å²) in [5, 5.41) is 0. The average molecular weight is 322 g/mol. The van der Waals surface area contributed by atoms with Crippen LogP contribution in [0.1, 0.15) is 6.92 Å². The largest absolute Gasteiger partial charge is 0.214 e. The Morgan fingerprint density at radius 1 is 1.20 bits per heavy atom. The molecular formula is C10H17Cl3PTi-2. The maximum atomic E-state index is 4.97. The van der Waals surface area contributed by atoms with E-state index in [9.17, 15) is 0 Å². The van der Waals surface area contributed by atoms with E-state index in [1.54, 1.807) is 0 Å². The zero-order valence-corrected chi connectivity index (χ0v) is 14.0. The molecule has 0 radical (unpaired) electrons. The minimum Gasteiger partial charge on any atom is -0.214 e. The van der Waals surface area contributed by atoms with E-state index < -0.39 is 14.7 Å². The van der Waals surface area contributed by atoms with Crippen LogP contribution in [0.15, 0.2) is 30.3 Å². The van der Waals surface area contributed by atoms with Gasteiger partial charge in [0, 0.05) is 0 Å². The molecule has 0 aliphatic rings. The first-order chi connectivity index (χ1) is 7.00. The normalized spacial score (nSPS) is 8.47. The van der Waals surface area contributed by atoms with Crippen LogP contribution in [0.2, 0.25) is 0 Å². The first kappa shape index (κ1) is 18.7. The minimum absolute atomic E-state index is 0.344. The van der Waals surface area contributed by atoms with Crippen molar-refractivity contribution in [3.63, 3.8) is 0 Å². The third-order valence-corrected chi connectivity index (χ3v) is 2.20. The zero-order chi connectivity index (χ0) is 12.1. The molecule has 0 amide bonds. The molecular weight excluding hydrogens is 305 g/mol. The molecule has 89 valence electrons. The molecule has 0 bridgehead atoms. The molecule has 0 nitrogen and oxygen atoms in total. The number of halogens is 3. The van der Waals surface area contributed by atoms with Crippen LogP contribution in [0.3, 0.4) is 0 Å². The van der Waals surface area contributed by atoms with Crippen molar-refractivity contribution in [3.05, 3.63) is 36.8 Å². The molecule has 0 aromatic heterocycles. The van der Waals surface area contributed by atoms with Crippen LogP contribution < -0.4 is 0 Å². The van der Waals surface area contributed by atoms with Crippen LogP contribution in [0.5, 0.6) is 0 Å². The van der Waals surface area contributed by atoms with Crippen molar-refractivity contribution in [2.24, 2.45) is 0 Å². The summed E-state index contributed by atoms with van der Waals surface area (Å²) in [5.41, 5.74) is 0. The average Bonchev–Trinajstić information content (AvgIpc) is 2.58. The Bertz CT molecular complexity index is 159. The monoisotopic (exact) mass is 321 g/mol. The molecule has 0 unspecified atom stereocenters. The quantitative estimate of drug-likeness (QED) is 0.387. The topological polar surface area (TPSA) is 0 Å². The van der Waals surface area contributed by atoms with Gasteiger partial charge >= 0.3 is 42.6 Å². The summed E-state index contributed by atoms with van der Waals surface area (Å²) in [4.78, 5) is 0. The van der Waals surface area contributed by atoms with Crippen molar-refractivity contribution >= 4 is 35.8 Å². The molecule has 0 spiro atoms. The van der Waals surface area contributed by atoms with Crippen molar-refractivity contribution in [2.75, 3.05) is 19.5 Å². The summed E-state index contributed by atoms with van der Waals surface area (Å²) in [6, 6.07) is 10.0. The van der Waals surface area contributed by atoms with Crippen LogP contribution in [0.25, 0.3) is 0 Å². The van der Waals surface area contributed by atoms with E-state index in [0.717, 1.165) is 0 Å². The summed E-state index contributed by atoms with van der Waals surface area (Å²) in [6.45, 7) is 6.69. The molecule has 0 N–H and O–H groups in total. The number of hydrogen-bond donors (Lipinski definition) is 0. The van der Waals surface area contributed by atoms with Crippen LogP contribution in [-0.2, 0) is 14.7 Å². The molecule has 1 aromatic carbocycles. The van der Waals surface area contributed by atoms with Gasteiger partial charge in [0.1, 0.15) is 0 Å². The summed E-state index contributed by atoms with van der Waals surface area (Å²) in [5.74, 6) is 0. The molecule has 0 saturated heterocycles. The van der Waals surface area contributed by atoms with E-state index >= 15 is 0 Å². The van der Waals surface area contributed by atoms with Crippen LogP contribution in [0, 0.1) is 6.42 Å². The van der Waals surface area contributed by atoms with Gasteiger partial charge in [-0.2, -0.15) is 31.3 Å². The van der Waals surface area contributed by atoms with Crippen LogP contribution in [-0.4, -0.2) is 19.5 Å². The Balaban J connectivity index is 0. The van der Waals surface area contributed by atoms with Gasteiger partial charge in [-0.05, 0) is 13.3 Å². The Kier molecular flexibility index (Phi) is 19.2. The van der Waals surface area contributed by atoms with E-state index in [1.165, 1.54) is 6.16 Å². The molecule has 1 aromatic rings. The van der Waals surface area contributed by atoms with Crippen molar-refractivity contribution in [3.8, 4) is 0 Å². The molecule has 0 heterocycles. The zero-order valence-electron chi connectivity index (χ0n) is 9.25. The van der Waals surface area contributed by atoms with Crippen molar-refractivity contribution in [1.29, 1.82) is 0 Å². The summed E-state index contributed by atoms with van der Waals surface area (Å²) in [7, 11) is 15.3. The van der Waals surface area contributed by atoms with Gasteiger partial charge in [0.2, 0.25) is 0 Å². The molecule has 0 aliphatic carbocycles. The fourth-order valence-electron chi connectivity index (χ4n) is 0.686. The standard InChI is InChI=1S/C5H12P.C5H5.3ClH.Ti/c1-4-5-6(2)3;1-2-4-5-3-1;;;;/h4H,5H2,1-3H3;1-5H;3*1H;/q2*-1;;;;+3/p-3. The summed E-state index contributed by atoms with van der Waals surface area (Å²) in [6.07, 6.45) is 3.54. The number of hydrogen-bond acceptors (Lipinski definition) is 0. The Hall–Kier alpha value is 1.36. The van der Waals surface area contributed by atoms with E-state index in [4.69, 9.17) is 27.9 Å². The maximum Gasteiger partial charge on any atom is -0.172 e. The first-order valence-electron chi connectivity index (χ1n) is 4.43. The Labute approximate surface area is 113 Å². The van der Waals surface area contributed by atoms with E-state index in [0.29, 0.717) is 7.92 Å². The van der Waals surface area contributed by atoms with Gasteiger partial charge in [-0.25, -0.2) is 12.1 Å². The van der Waals surface area contributed by atoms with E-state index in [1.807, 2.05) is 30.3 Å². The Morgan fingerprint density at radius 3 is 1.67 bits per heavy atom. The molecule has 1 rings (SSSR count). The van der Waals surface area contributed by atoms with E-state index in [2.05, 4.69) is 26.7 Å². The second-order valence-corrected chi connectivity index (χ2v) is 13.1. The molecule has 0 aliphatic heterocycles. The SMILES string of the molecule is C[CH-]CP(C)C.[Cl][Ti]([Cl])[Cl].c1cc[cH-]c1. The maximum absolute atomic E-state index is 4.97. The molecule has 0 saturated carbocycles.